The standard InChI is InChI=1S/C9H10IN/c1-9(10)4-2-7-6-11-5-3-8(7)9/h3,5-6H,2,4H2,1H3. The topological polar surface area (TPSA) is 12.9 Å². The van der Waals surface area contributed by atoms with Gasteiger partial charge in [0.2, 0.25) is 0 Å². The van der Waals surface area contributed by atoms with Gasteiger partial charge in [0.25, 0.3) is 0 Å². The Balaban J connectivity index is 2.56. The van der Waals surface area contributed by atoms with Crippen LogP contribution in [0.25, 0.3) is 0 Å². The van der Waals surface area contributed by atoms with Gasteiger partial charge in [-0.2, -0.15) is 0 Å². The number of rotatable bonds is 0. The molecule has 2 heteroatoms. The lowest BCUT2D eigenvalue weighted by Crippen LogP contribution is -2.06. The number of hydrogen-bond donors (Lipinski definition) is 0. The smallest absolute Gasteiger partial charge is 0.0449 e. The molecule has 0 fully saturated rings. The highest BCUT2D eigenvalue weighted by atomic mass is 127. The van der Waals surface area contributed by atoms with Gasteiger partial charge in [-0.25, -0.2) is 0 Å². The minimum atomic E-state index is 0.357. The molecule has 0 N–H and O–H groups in total. The van der Waals surface area contributed by atoms with E-state index in [4.69, 9.17) is 0 Å². The highest BCUT2D eigenvalue weighted by molar-refractivity contribution is 14.1. The molecule has 0 aromatic carbocycles. The lowest BCUT2D eigenvalue weighted by Gasteiger charge is -2.15. The van der Waals surface area contributed by atoms with E-state index in [0.717, 1.165) is 0 Å². The van der Waals surface area contributed by atoms with E-state index < -0.39 is 0 Å². The molecular weight excluding hydrogens is 249 g/mol. The van der Waals surface area contributed by atoms with Crippen LogP contribution in [0.3, 0.4) is 0 Å². The minimum absolute atomic E-state index is 0.357. The number of hydrogen-bond acceptors (Lipinski definition) is 1. The third-order valence-corrected chi connectivity index (χ3v) is 3.45. The van der Waals surface area contributed by atoms with Crippen LogP contribution in [0.5, 0.6) is 0 Å². The Morgan fingerprint density at radius 3 is 3.18 bits per heavy atom. The van der Waals surface area contributed by atoms with Crippen LogP contribution in [-0.4, -0.2) is 4.98 Å². The first kappa shape index (κ1) is 7.53. The van der Waals surface area contributed by atoms with Crippen molar-refractivity contribution in [3.63, 3.8) is 0 Å². The average molecular weight is 259 g/mol. The molecule has 1 heterocycles. The van der Waals surface area contributed by atoms with Gasteiger partial charge in [-0.15, -0.1) is 0 Å². The summed E-state index contributed by atoms with van der Waals surface area (Å²) in [6, 6.07) is 2.15. The van der Waals surface area contributed by atoms with E-state index in [-0.39, 0.29) is 0 Å². The number of nitrogens with zero attached hydrogens (tertiary/aromatic N) is 1. The molecule has 1 unspecified atom stereocenters. The summed E-state index contributed by atoms with van der Waals surface area (Å²) >= 11 is 2.53. The van der Waals surface area contributed by atoms with E-state index in [1.807, 2.05) is 12.4 Å². The third kappa shape index (κ3) is 1.17. The molecule has 0 amide bonds. The fourth-order valence-electron chi connectivity index (χ4n) is 1.64. The molecule has 1 aliphatic carbocycles. The van der Waals surface area contributed by atoms with E-state index in [2.05, 4.69) is 40.6 Å². The Morgan fingerprint density at radius 1 is 1.64 bits per heavy atom. The monoisotopic (exact) mass is 259 g/mol. The molecule has 1 aromatic rings. The third-order valence-electron chi connectivity index (χ3n) is 2.33. The molecule has 2 rings (SSSR count). The van der Waals surface area contributed by atoms with Crippen molar-refractivity contribution >= 4 is 22.6 Å². The summed E-state index contributed by atoms with van der Waals surface area (Å²) in [6.45, 7) is 2.29. The second-order valence-corrected chi connectivity index (χ2v) is 5.61. The highest BCUT2D eigenvalue weighted by Crippen LogP contribution is 2.43. The predicted octanol–water partition coefficient (Wildman–Crippen LogP) is 2.68. The van der Waals surface area contributed by atoms with Gasteiger partial charge in [-0.05, 0) is 37.0 Å². The van der Waals surface area contributed by atoms with Crippen molar-refractivity contribution in [2.24, 2.45) is 0 Å². The number of alkyl halides is 1. The number of aromatic nitrogens is 1. The van der Waals surface area contributed by atoms with E-state index >= 15 is 0 Å². The zero-order chi connectivity index (χ0) is 7.90. The summed E-state index contributed by atoms with van der Waals surface area (Å²) in [5.74, 6) is 0. The zero-order valence-electron chi connectivity index (χ0n) is 6.47. The lowest BCUT2D eigenvalue weighted by atomic mass is 10.1. The first-order valence-corrected chi connectivity index (χ1v) is 4.90. The second-order valence-electron chi connectivity index (χ2n) is 3.23. The molecule has 1 aromatic heterocycles. The van der Waals surface area contributed by atoms with Crippen molar-refractivity contribution in [3.05, 3.63) is 29.6 Å². The highest BCUT2D eigenvalue weighted by Gasteiger charge is 2.30. The predicted molar refractivity (Wildman–Crippen MR) is 53.9 cm³/mol. The average Bonchev–Trinajstić information content (AvgIpc) is 2.29. The van der Waals surface area contributed by atoms with Crippen LogP contribution in [0.1, 0.15) is 24.5 Å². The maximum atomic E-state index is 4.12. The lowest BCUT2D eigenvalue weighted by molar-refractivity contribution is 0.716. The maximum absolute atomic E-state index is 4.12. The van der Waals surface area contributed by atoms with E-state index in [1.165, 1.54) is 24.0 Å². The summed E-state index contributed by atoms with van der Waals surface area (Å²) in [7, 11) is 0. The van der Waals surface area contributed by atoms with E-state index in [9.17, 15) is 0 Å². The van der Waals surface area contributed by atoms with Crippen molar-refractivity contribution in [2.75, 3.05) is 0 Å². The largest absolute Gasteiger partial charge is 0.264 e. The molecule has 0 saturated heterocycles. The quantitative estimate of drug-likeness (QED) is 0.515. The van der Waals surface area contributed by atoms with Crippen LogP contribution >= 0.6 is 22.6 Å². The maximum Gasteiger partial charge on any atom is 0.0449 e. The Hall–Kier alpha value is -0.120. The van der Waals surface area contributed by atoms with Gasteiger partial charge in [0, 0.05) is 15.8 Å². The molecule has 11 heavy (non-hydrogen) atoms. The molecule has 0 aliphatic heterocycles. The van der Waals surface area contributed by atoms with Crippen molar-refractivity contribution < 1.29 is 0 Å². The molecule has 0 radical (unpaired) electrons. The molecular formula is C9H10IN. The molecule has 58 valence electrons. The number of fused-ring (bicyclic) bond motifs is 1. The minimum Gasteiger partial charge on any atom is -0.264 e. The van der Waals surface area contributed by atoms with E-state index in [1.54, 1.807) is 0 Å². The van der Waals surface area contributed by atoms with Crippen LogP contribution in [0.4, 0.5) is 0 Å². The van der Waals surface area contributed by atoms with Gasteiger partial charge < -0.3 is 0 Å². The molecule has 1 nitrogen and oxygen atoms in total. The second kappa shape index (κ2) is 2.44. The fraction of sp³-hybridized carbons (Fsp3) is 0.444. The van der Waals surface area contributed by atoms with Crippen LogP contribution in [0.2, 0.25) is 0 Å². The first-order valence-electron chi connectivity index (χ1n) is 3.82. The van der Waals surface area contributed by atoms with Gasteiger partial charge in [-0.3, -0.25) is 4.98 Å². The zero-order valence-corrected chi connectivity index (χ0v) is 8.63. The molecule has 0 spiro atoms. The summed E-state index contributed by atoms with van der Waals surface area (Å²) in [5.41, 5.74) is 2.91. The Kier molecular flexibility index (Phi) is 1.67. The Labute approximate surface area is 80.4 Å². The number of aryl methyl sites for hydroxylation is 1. The SMILES string of the molecule is CC1(I)CCc2cnccc21. The van der Waals surface area contributed by atoms with Crippen LogP contribution in [-0.2, 0) is 9.84 Å². The Morgan fingerprint density at radius 2 is 2.45 bits per heavy atom. The first-order chi connectivity index (χ1) is 5.20. The summed E-state index contributed by atoms with van der Waals surface area (Å²) in [4.78, 5) is 4.12. The summed E-state index contributed by atoms with van der Waals surface area (Å²) in [5, 5.41) is 0. The summed E-state index contributed by atoms with van der Waals surface area (Å²) in [6.07, 6.45) is 6.34. The van der Waals surface area contributed by atoms with Crippen molar-refractivity contribution in [1.82, 2.24) is 4.98 Å². The van der Waals surface area contributed by atoms with Crippen LogP contribution in [0.15, 0.2) is 18.5 Å². The van der Waals surface area contributed by atoms with Gasteiger partial charge in [-0.1, -0.05) is 22.6 Å². The van der Waals surface area contributed by atoms with Gasteiger partial charge >= 0.3 is 0 Å². The Bertz CT molecular complexity index is 281. The molecule has 0 saturated carbocycles. The van der Waals surface area contributed by atoms with Crippen LogP contribution in [0, 0.1) is 0 Å². The normalized spacial score (nSPS) is 28.5. The molecule has 1 aliphatic rings. The number of pyridine rings is 1. The fourth-order valence-corrected chi connectivity index (χ4v) is 2.43. The van der Waals surface area contributed by atoms with Crippen molar-refractivity contribution in [2.45, 2.75) is 23.2 Å². The van der Waals surface area contributed by atoms with Crippen LogP contribution < -0.4 is 0 Å². The molecule has 0 bridgehead atoms. The van der Waals surface area contributed by atoms with Crippen molar-refractivity contribution in [1.29, 1.82) is 0 Å². The van der Waals surface area contributed by atoms with Gasteiger partial charge in [0.05, 0.1) is 0 Å². The molecule has 1 atom stereocenters. The number of halogens is 1. The van der Waals surface area contributed by atoms with E-state index in [0.29, 0.717) is 3.42 Å². The summed E-state index contributed by atoms with van der Waals surface area (Å²) < 4.78 is 0.357. The van der Waals surface area contributed by atoms with Gasteiger partial charge in [0.1, 0.15) is 0 Å². The van der Waals surface area contributed by atoms with Gasteiger partial charge in [0.15, 0.2) is 0 Å². The van der Waals surface area contributed by atoms with Crippen molar-refractivity contribution in [3.8, 4) is 0 Å².